The van der Waals surface area contributed by atoms with E-state index in [-0.39, 0.29) is 9.77 Å². The second-order valence-electron chi connectivity index (χ2n) is 3.67. The van der Waals surface area contributed by atoms with Crippen LogP contribution in [0.4, 0.5) is 0 Å². The smallest absolute Gasteiger partial charge is 0.345 e. The highest BCUT2D eigenvalue weighted by molar-refractivity contribution is 7.89. The molecule has 0 aliphatic rings. The summed E-state index contributed by atoms with van der Waals surface area (Å²) >= 11 is 1.00. The van der Waals surface area contributed by atoms with Crippen molar-refractivity contribution in [2.75, 3.05) is 0 Å². The Balaban J connectivity index is 2.08. The van der Waals surface area contributed by atoms with Gasteiger partial charge in [-0.15, -0.1) is 11.3 Å². The average Bonchev–Trinajstić information content (AvgIpc) is 2.89. The Morgan fingerprint density at radius 2 is 1.90 bits per heavy atom. The molecular formula is C12H10N2O4S2. The number of sulfonamides is 1. The molecule has 1 heterocycles. The van der Waals surface area contributed by atoms with Crippen molar-refractivity contribution in [3.05, 3.63) is 52.2 Å². The summed E-state index contributed by atoms with van der Waals surface area (Å²) < 4.78 is 23.6. The molecule has 2 rings (SSSR count). The quantitative estimate of drug-likeness (QED) is 0.649. The number of hydrogen-bond acceptors (Lipinski definition) is 5. The predicted octanol–water partition coefficient (Wildman–Crippen LogP) is 1.76. The molecule has 2 N–H and O–H groups in total. The number of thiophene rings is 1. The number of nitrogens with zero attached hydrogens (tertiary/aromatic N) is 1. The van der Waals surface area contributed by atoms with Crippen LogP contribution in [0, 0.1) is 0 Å². The zero-order valence-corrected chi connectivity index (χ0v) is 11.7. The Hall–Kier alpha value is -2.19. The maximum Gasteiger partial charge on any atom is 0.345 e. The molecule has 0 spiro atoms. The van der Waals surface area contributed by atoms with Crippen molar-refractivity contribution >= 4 is 33.5 Å². The van der Waals surface area contributed by atoms with E-state index in [0.717, 1.165) is 11.3 Å². The molecular weight excluding hydrogens is 300 g/mol. The predicted molar refractivity (Wildman–Crippen MR) is 75.6 cm³/mol. The van der Waals surface area contributed by atoms with Crippen LogP contribution < -0.4 is 4.83 Å². The lowest BCUT2D eigenvalue weighted by Gasteiger charge is -2.01. The molecule has 1 aromatic carbocycles. The lowest BCUT2D eigenvalue weighted by molar-refractivity contribution is 0.0702. The largest absolute Gasteiger partial charge is 0.477 e. The van der Waals surface area contributed by atoms with E-state index in [0.29, 0.717) is 4.88 Å². The van der Waals surface area contributed by atoms with Crippen molar-refractivity contribution in [3.8, 4) is 0 Å². The van der Waals surface area contributed by atoms with Crippen molar-refractivity contribution in [3.63, 3.8) is 0 Å². The molecule has 0 saturated carbocycles. The maximum absolute atomic E-state index is 11.8. The number of nitrogens with one attached hydrogen (secondary N) is 1. The minimum absolute atomic E-state index is 0.106. The highest BCUT2D eigenvalue weighted by Gasteiger charge is 2.11. The van der Waals surface area contributed by atoms with Crippen molar-refractivity contribution < 1.29 is 18.3 Å². The highest BCUT2D eigenvalue weighted by atomic mass is 32.2. The molecule has 0 aliphatic carbocycles. The molecule has 1 aromatic heterocycles. The normalized spacial score (nSPS) is 11.6. The molecule has 0 unspecified atom stereocenters. The summed E-state index contributed by atoms with van der Waals surface area (Å²) in [5.41, 5.74) is 0. The van der Waals surface area contributed by atoms with Gasteiger partial charge in [0.05, 0.1) is 11.1 Å². The minimum Gasteiger partial charge on any atom is -0.477 e. The van der Waals surface area contributed by atoms with E-state index < -0.39 is 16.0 Å². The summed E-state index contributed by atoms with van der Waals surface area (Å²) in [7, 11) is -3.70. The molecule has 0 bridgehead atoms. The van der Waals surface area contributed by atoms with Crippen molar-refractivity contribution in [1.82, 2.24) is 4.83 Å². The van der Waals surface area contributed by atoms with Gasteiger partial charge < -0.3 is 5.11 Å². The zero-order chi connectivity index (χ0) is 14.6. The third-order valence-corrected chi connectivity index (χ3v) is 4.50. The van der Waals surface area contributed by atoms with Gasteiger partial charge in [0, 0.05) is 4.88 Å². The van der Waals surface area contributed by atoms with E-state index >= 15 is 0 Å². The number of benzene rings is 1. The van der Waals surface area contributed by atoms with Crippen LogP contribution in [0.15, 0.2) is 52.5 Å². The third kappa shape index (κ3) is 3.43. The van der Waals surface area contributed by atoms with Crippen molar-refractivity contribution in [2.45, 2.75) is 4.90 Å². The Morgan fingerprint density at radius 1 is 1.20 bits per heavy atom. The van der Waals surface area contributed by atoms with E-state index in [2.05, 4.69) is 9.93 Å². The van der Waals surface area contributed by atoms with Crippen LogP contribution >= 0.6 is 11.3 Å². The van der Waals surface area contributed by atoms with Crippen LogP contribution in [0.25, 0.3) is 0 Å². The Labute approximate surface area is 119 Å². The molecule has 20 heavy (non-hydrogen) atoms. The molecule has 8 heteroatoms. The van der Waals surface area contributed by atoms with Crippen LogP contribution in [0.2, 0.25) is 0 Å². The molecule has 0 fully saturated rings. The Kier molecular flexibility index (Phi) is 4.16. The summed E-state index contributed by atoms with van der Waals surface area (Å²) in [5.74, 6) is -1.03. The van der Waals surface area contributed by atoms with Gasteiger partial charge in [0.2, 0.25) is 0 Å². The minimum atomic E-state index is -3.70. The first-order valence-corrected chi connectivity index (χ1v) is 7.72. The fraction of sp³-hybridized carbons (Fsp3) is 0. The number of hydrogen-bond donors (Lipinski definition) is 2. The lowest BCUT2D eigenvalue weighted by Crippen LogP contribution is -2.18. The van der Waals surface area contributed by atoms with Crippen LogP contribution in [0.5, 0.6) is 0 Å². The van der Waals surface area contributed by atoms with Gasteiger partial charge in [0.25, 0.3) is 10.0 Å². The fourth-order valence-corrected chi connectivity index (χ4v) is 2.88. The van der Waals surface area contributed by atoms with Gasteiger partial charge in [-0.05, 0) is 24.3 Å². The first-order chi connectivity index (χ1) is 9.49. The van der Waals surface area contributed by atoms with Gasteiger partial charge >= 0.3 is 5.97 Å². The highest BCUT2D eigenvalue weighted by Crippen LogP contribution is 2.14. The van der Waals surface area contributed by atoms with Gasteiger partial charge in [-0.2, -0.15) is 13.5 Å². The molecule has 6 nitrogen and oxygen atoms in total. The number of carbonyl (C=O) groups is 1. The monoisotopic (exact) mass is 310 g/mol. The number of aromatic carboxylic acids is 1. The SMILES string of the molecule is O=C(O)c1ccc(/C=N/NS(=O)(=O)c2ccccc2)s1. The molecule has 0 amide bonds. The van der Waals surface area contributed by atoms with E-state index in [1.54, 1.807) is 24.3 Å². The van der Waals surface area contributed by atoms with Gasteiger partial charge in [-0.1, -0.05) is 18.2 Å². The average molecular weight is 310 g/mol. The number of carboxylic acid groups (broad SMARTS) is 1. The van der Waals surface area contributed by atoms with Crippen LogP contribution in [-0.4, -0.2) is 25.7 Å². The van der Waals surface area contributed by atoms with Gasteiger partial charge in [0.15, 0.2) is 0 Å². The summed E-state index contributed by atoms with van der Waals surface area (Å²) in [6.07, 6.45) is 1.26. The summed E-state index contributed by atoms with van der Waals surface area (Å²) in [6.45, 7) is 0. The topological polar surface area (TPSA) is 95.8 Å². The summed E-state index contributed by atoms with van der Waals surface area (Å²) in [5, 5.41) is 12.4. The van der Waals surface area contributed by atoms with Crippen molar-refractivity contribution in [2.24, 2.45) is 5.10 Å². The fourth-order valence-electron chi connectivity index (χ4n) is 1.35. The summed E-state index contributed by atoms with van der Waals surface area (Å²) in [4.78, 5) is 13.6. The number of rotatable bonds is 5. The van der Waals surface area contributed by atoms with E-state index in [1.165, 1.54) is 24.4 Å². The van der Waals surface area contributed by atoms with Crippen LogP contribution in [0.1, 0.15) is 14.5 Å². The third-order valence-electron chi connectivity index (χ3n) is 2.26. The Bertz CT molecular complexity index is 736. The van der Waals surface area contributed by atoms with Gasteiger partial charge in [-0.25, -0.2) is 9.63 Å². The zero-order valence-electron chi connectivity index (χ0n) is 10.1. The molecule has 0 atom stereocenters. The first-order valence-electron chi connectivity index (χ1n) is 5.42. The molecule has 0 radical (unpaired) electrons. The maximum atomic E-state index is 11.8. The molecule has 2 aromatic rings. The Morgan fingerprint density at radius 3 is 2.50 bits per heavy atom. The lowest BCUT2D eigenvalue weighted by atomic mass is 10.4. The van der Waals surface area contributed by atoms with E-state index in [4.69, 9.17) is 5.11 Å². The number of carboxylic acids is 1. The molecule has 0 saturated heterocycles. The van der Waals surface area contributed by atoms with E-state index in [1.807, 2.05) is 0 Å². The standard InChI is InChI=1S/C12H10N2O4S2/c15-12(16)11-7-6-9(19-11)8-13-14-20(17,18)10-4-2-1-3-5-10/h1-8,14H,(H,15,16)/b13-8+. The molecule has 104 valence electrons. The van der Waals surface area contributed by atoms with Gasteiger partial charge in [0.1, 0.15) is 4.88 Å². The van der Waals surface area contributed by atoms with E-state index in [9.17, 15) is 13.2 Å². The van der Waals surface area contributed by atoms with Crippen LogP contribution in [-0.2, 0) is 10.0 Å². The van der Waals surface area contributed by atoms with Crippen LogP contribution in [0.3, 0.4) is 0 Å². The molecule has 0 aliphatic heterocycles. The van der Waals surface area contributed by atoms with Gasteiger partial charge in [-0.3, -0.25) is 0 Å². The first kappa shape index (κ1) is 14.2. The van der Waals surface area contributed by atoms with Crippen molar-refractivity contribution in [1.29, 1.82) is 0 Å². The second kappa shape index (κ2) is 5.85. The second-order valence-corrected chi connectivity index (χ2v) is 6.45. The number of hydrazone groups is 1. The summed E-state index contributed by atoms with van der Waals surface area (Å²) in [6, 6.07) is 10.8.